The lowest BCUT2D eigenvalue weighted by molar-refractivity contribution is -0.115. The molecule has 0 aliphatic carbocycles. The van der Waals surface area contributed by atoms with E-state index >= 15 is 0 Å². The van der Waals surface area contributed by atoms with Crippen molar-refractivity contribution in [2.24, 2.45) is 5.73 Å². The molecule has 4 heteroatoms. The fraction of sp³-hybridized carbons (Fsp3) is 0.667. The smallest absolute Gasteiger partial charge is 0.214 e. The lowest BCUT2D eigenvalue weighted by Crippen LogP contribution is -2.01. The summed E-state index contributed by atoms with van der Waals surface area (Å²) in [5.74, 6) is -0.333. The zero-order valence-corrected chi connectivity index (χ0v) is 4.43. The van der Waals surface area contributed by atoms with E-state index in [2.05, 4.69) is 5.73 Å². The molecule has 1 amide bonds. The molecule has 0 aliphatic rings. The molecule has 0 aliphatic heterocycles. The normalized spacial score (nSPS) is 4.43. The second-order valence-corrected chi connectivity index (χ2v) is 0.611. The van der Waals surface area contributed by atoms with Gasteiger partial charge < -0.3 is 16.3 Å². The maximum atomic E-state index is 9.22. The highest BCUT2D eigenvalue weighted by Crippen LogP contribution is 1.33. The van der Waals surface area contributed by atoms with Gasteiger partial charge in [-0.3, -0.25) is 4.79 Å². The zero-order valence-electron chi connectivity index (χ0n) is 4.43. The van der Waals surface area contributed by atoms with Crippen LogP contribution in [-0.2, 0) is 4.79 Å². The second kappa shape index (κ2) is 18.2. The number of hydrogen-bond donors (Lipinski definition) is 2. The number of carbonyl (C=O) groups excluding carboxylic acids is 1. The van der Waals surface area contributed by atoms with Crippen LogP contribution in [0.4, 0.5) is 0 Å². The number of rotatable bonds is 0. The number of primary amides is 1. The summed E-state index contributed by atoms with van der Waals surface area (Å²) < 4.78 is 0. The predicted octanol–water partition coefficient (Wildman–Crippen LogP) is -1.72. The molecule has 46 valence electrons. The first-order valence-corrected chi connectivity index (χ1v) is 1.44. The van der Waals surface area contributed by atoms with Crippen molar-refractivity contribution in [1.29, 1.82) is 0 Å². The minimum Gasteiger partial charge on any atom is -0.412 e. The van der Waals surface area contributed by atoms with Crippen LogP contribution in [0, 0.1) is 0 Å². The molecule has 0 fully saturated rings. The third-order valence-electron chi connectivity index (χ3n) is 0. The lowest BCUT2D eigenvalue weighted by Gasteiger charge is -1.60. The van der Waals surface area contributed by atoms with Gasteiger partial charge in [0.25, 0.3) is 0 Å². The van der Waals surface area contributed by atoms with Crippen LogP contribution in [-0.4, -0.2) is 23.6 Å². The van der Waals surface area contributed by atoms with E-state index < -0.39 is 0 Å². The number of hydrogen-bond acceptors (Lipinski definition) is 2. The number of aliphatic hydroxyl groups excluding tert-OH is 1. The van der Waals surface area contributed by atoms with Crippen molar-refractivity contribution in [3.05, 3.63) is 0 Å². The van der Waals surface area contributed by atoms with Crippen LogP contribution in [0.15, 0.2) is 0 Å². The number of aliphatic hydroxyl groups is 1. The van der Waals surface area contributed by atoms with E-state index in [0.717, 1.165) is 7.11 Å². The lowest BCUT2D eigenvalue weighted by atomic mass is 10.8. The van der Waals surface area contributed by atoms with E-state index in [4.69, 9.17) is 5.11 Å². The van der Waals surface area contributed by atoms with Crippen molar-refractivity contribution < 1.29 is 15.4 Å². The van der Waals surface area contributed by atoms with Gasteiger partial charge in [-0.15, -0.1) is 0 Å². The summed E-state index contributed by atoms with van der Waals surface area (Å²) in [5.41, 5.74) is 4.47. The first-order valence-electron chi connectivity index (χ1n) is 1.44. The highest BCUT2D eigenvalue weighted by Gasteiger charge is 1.61. The van der Waals surface area contributed by atoms with Gasteiger partial charge in [-0.2, -0.15) is 0 Å². The van der Waals surface area contributed by atoms with Crippen molar-refractivity contribution in [1.82, 2.24) is 0 Å². The minimum atomic E-state index is -0.333. The van der Waals surface area contributed by atoms with E-state index in [0.29, 0.717) is 0 Å². The monoisotopic (exact) mass is 109 g/mol. The molecule has 0 aromatic carbocycles. The van der Waals surface area contributed by atoms with Gasteiger partial charge >= 0.3 is 0 Å². The molecule has 0 saturated heterocycles. The average Bonchev–Trinajstić information content (AvgIpc) is 1.41. The molecule has 7 heavy (non-hydrogen) atoms. The third kappa shape index (κ3) is 166. The summed E-state index contributed by atoms with van der Waals surface area (Å²) in [6.45, 7) is 1.31. The molecule has 0 radical (unpaired) electrons. The number of amides is 1. The van der Waals surface area contributed by atoms with Crippen LogP contribution in [0.1, 0.15) is 6.92 Å². The van der Waals surface area contributed by atoms with Gasteiger partial charge in [0.05, 0.1) is 0 Å². The van der Waals surface area contributed by atoms with Gasteiger partial charge in [0, 0.05) is 14.0 Å². The van der Waals surface area contributed by atoms with Crippen molar-refractivity contribution in [3.8, 4) is 0 Å². The highest BCUT2D eigenvalue weighted by atomic mass is 16.2. The fourth-order valence-electron chi connectivity index (χ4n) is 0. The van der Waals surface area contributed by atoms with Crippen LogP contribution in [0.3, 0.4) is 0 Å². The molecule has 5 N–H and O–H groups in total. The molecule has 0 aromatic heterocycles. The zero-order chi connectivity index (χ0) is 5.58. The Morgan fingerprint density at radius 2 is 1.57 bits per heavy atom. The summed E-state index contributed by atoms with van der Waals surface area (Å²) in [4.78, 5) is 9.22. The number of nitrogens with two attached hydrogens (primary N) is 1. The van der Waals surface area contributed by atoms with Gasteiger partial charge in [-0.1, -0.05) is 0 Å². The summed E-state index contributed by atoms with van der Waals surface area (Å²) in [5, 5.41) is 7.00. The second-order valence-electron chi connectivity index (χ2n) is 0.611. The summed E-state index contributed by atoms with van der Waals surface area (Å²) >= 11 is 0. The molecule has 0 heterocycles. The Morgan fingerprint density at radius 1 is 1.57 bits per heavy atom. The van der Waals surface area contributed by atoms with Crippen LogP contribution in [0.25, 0.3) is 0 Å². The summed E-state index contributed by atoms with van der Waals surface area (Å²) in [7, 11) is 1.00. The van der Waals surface area contributed by atoms with Crippen LogP contribution < -0.4 is 5.73 Å². The average molecular weight is 109 g/mol. The maximum Gasteiger partial charge on any atom is 0.214 e. The summed E-state index contributed by atoms with van der Waals surface area (Å²) in [6.07, 6.45) is 0. The molecule has 0 unspecified atom stereocenters. The van der Waals surface area contributed by atoms with Gasteiger partial charge in [-0.25, -0.2) is 0 Å². The largest absolute Gasteiger partial charge is 0.412 e. The predicted molar refractivity (Wildman–Crippen MR) is 26.6 cm³/mol. The van der Waals surface area contributed by atoms with Crippen molar-refractivity contribution in [3.63, 3.8) is 0 Å². The molecule has 0 bridgehead atoms. The van der Waals surface area contributed by atoms with Crippen LogP contribution in [0.5, 0.6) is 0 Å². The Hall–Kier alpha value is -0.610. The Labute approximate surface area is 42.3 Å². The first kappa shape index (κ1) is 16.2. The number of carbonyl (C=O) groups is 1. The Morgan fingerprint density at radius 3 is 1.57 bits per heavy atom. The Bertz CT molecular complexity index is 33.2. The quantitative estimate of drug-likeness (QED) is 0.387. The van der Waals surface area contributed by atoms with E-state index in [1.54, 1.807) is 0 Å². The van der Waals surface area contributed by atoms with E-state index in [-0.39, 0.29) is 11.4 Å². The molecular weight excluding hydrogens is 98.0 g/mol. The van der Waals surface area contributed by atoms with Gasteiger partial charge in [0.2, 0.25) is 5.91 Å². The standard InChI is InChI=1S/C2H5NO.CH4O.H2O/c1-2(3)4;1-2;/h1H3,(H2,3,4);2H,1H3;1H2. The first-order chi connectivity index (χ1) is 2.73. The SMILES string of the molecule is CC(N)=O.CO.O. The van der Waals surface area contributed by atoms with Crippen molar-refractivity contribution in [2.45, 2.75) is 6.92 Å². The van der Waals surface area contributed by atoms with Crippen LogP contribution >= 0.6 is 0 Å². The Kier molecular flexibility index (Phi) is 42.0. The fourth-order valence-corrected chi connectivity index (χ4v) is 0. The van der Waals surface area contributed by atoms with E-state index in [1.165, 1.54) is 6.92 Å². The molecule has 0 rings (SSSR count). The Balaban J connectivity index is -0.0000000480. The molecule has 0 spiro atoms. The maximum absolute atomic E-state index is 9.22. The van der Waals surface area contributed by atoms with Crippen LogP contribution in [0.2, 0.25) is 0 Å². The molecule has 0 saturated carbocycles. The molecule has 0 aromatic rings. The highest BCUT2D eigenvalue weighted by molar-refractivity contribution is 5.70. The summed E-state index contributed by atoms with van der Waals surface area (Å²) in [6, 6.07) is 0. The minimum absolute atomic E-state index is 0. The van der Waals surface area contributed by atoms with Gasteiger partial charge in [0.15, 0.2) is 0 Å². The van der Waals surface area contributed by atoms with Crippen molar-refractivity contribution >= 4 is 5.91 Å². The molecular formula is C3H11NO3. The molecule has 0 atom stereocenters. The third-order valence-corrected chi connectivity index (χ3v) is 0. The van der Waals surface area contributed by atoms with Gasteiger partial charge in [0.1, 0.15) is 0 Å². The molecule has 4 nitrogen and oxygen atoms in total. The van der Waals surface area contributed by atoms with E-state index in [9.17, 15) is 4.79 Å². The van der Waals surface area contributed by atoms with Gasteiger partial charge in [-0.05, 0) is 0 Å². The van der Waals surface area contributed by atoms with E-state index in [1.807, 2.05) is 0 Å². The topological polar surface area (TPSA) is 94.8 Å². The van der Waals surface area contributed by atoms with Crippen molar-refractivity contribution in [2.75, 3.05) is 7.11 Å².